The third-order valence-electron chi connectivity index (χ3n) is 4.34. The molecule has 1 aliphatic rings. The topological polar surface area (TPSA) is 100 Å². The van der Waals surface area contributed by atoms with Crippen molar-refractivity contribution >= 4 is 17.7 Å². The van der Waals surface area contributed by atoms with Crippen LogP contribution in [-0.4, -0.2) is 35.3 Å². The van der Waals surface area contributed by atoms with E-state index in [-0.39, 0.29) is 36.6 Å². The maximum absolute atomic E-state index is 12.0. The van der Waals surface area contributed by atoms with E-state index < -0.39 is 6.04 Å². The molecule has 7 heteroatoms. The normalized spacial score (nSPS) is 15.4. The van der Waals surface area contributed by atoms with Crippen molar-refractivity contribution in [3.05, 3.63) is 30.1 Å². The fourth-order valence-electron chi connectivity index (χ4n) is 2.83. The van der Waals surface area contributed by atoms with E-state index in [1.54, 1.807) is 19.3 Å². The van der Waals surface area contributed by atoms with Crippen LogP contribution in [0.25, 0.3) is 0 Å². The summed E-state index contributed by atoms with van der Waals surface area (Å²) in [4.78, 5) is 39.7. The van der Waals surface area contributed by atoms with E-state index in [1.165, 1.54) is 0 Å². The molecule has 0 bridgehead atoms. The third-order valence-corrected chi connectivity index (χ3v) is 4.34. The molecule has 1 aliphatic carbocycles. The first-order valence-electron chi connectivity index (χ1n) is 8.80. The molecule has 0 radical (unpaired) electrons. The van der Waals surface area contributed by atoms with E-state index in [9.17, 15) is 14.4 Å². The Kier molecular flexibility index (Phi) is 7.37. The minimum Gasteiger partial charge on any atom is -0.354 e. The second-order valence-corrected chi connectivity index (χ2v) is 6.39. The molecule has 2 rings (SSSR count). The quantitative estimate of drug-likeness (QED) is 0.651. The molecule has 136 valence electrons. The molecule has 0 aromatic carbocycles. The van der Waals surface area contributed by atoms with E-state index in [1.807, 2.05) is 12.1 Å². The van der Waals surface area contributed by atoms with Crippen molar-refractivity contribution in [1.29, 1.82) is 0 Å². The summed E-state index contributed by atoms with van der Waals surface area (Å²) in [6.45, 7) is 2.31. The molecule has 0 unspecified atom stereocenters. The number of hydrogen-bond donors (Lipinski definition) is 3. The maximum atomic E-state index is 12.0. The lowest BCUT2D eigenvalue weighted by Gasteiger charge is -2.16. The summed E-state index contributed by atoms with van der Waals surface area (Å²) < 4.78 is 0. The number of aromatic nitrogens is 1. The summed E-state index contributed by atoms with van der Waals surface area (Å²) >= 11 is 0. The minimum absolute atomic E-state index is 0.0357. The number of carbonyl (C=O) groups is 3. The highest BCUT2D eigenvalue weighted by atomic mass is 16.2. The zero-order valence-electron chi connectivity index (χ0n) is 14.6. The Morgan fingerprint density at radius 1 is 1.24 bits per heavy atom. The fourth-order valence-corrected chi connectivity index (χ4v) is 2.83. The van der Waals surface area contributed by atoms with E-state index in [2.05, 4.69) is 20.9 Å². The van der Waals surface area contributed by atoms with E-state index >= 15 is 0 Å². The van der Waals surface area contributed by atoms with Gasteiger partial charge in [0.25, 0.3) is 0 Å². The molecule has 3 N–H and O–H groups in total. The lowest BCUT2D eigenvalue weighted by molar-refractivity contribution is -0.130. The molecule has 3 amide bonds. The molecular weight excluding hydrogens is 320 g/mol. The van der Waals surface area contributed by atoms with Gasteiger partial charge in [-0.1, -0.05) is 18.9 Å². The Labute approximate surface area is 148 Å². The standard InChI is InChI=1S/C18H26N4O3/c1-13(22-18(25)15-6-2-3-7-15)17(24)20-10-8-16(23)21-12-14-5-4-9-19-11-14/h4-5,9,11,13,15H,2-3,6-8,10,12H2,1H3,(H,20,24)(H,21,23)(H,22,25)/t13-/m0/s1. The number of amides is 3. The molecule has 1 aromatic rings. The van der Waals surface area contributed by atoms with Gasteiger partial charge in [0.05, 0.1) is 0 Å². The maximum Gasteiger partial charge on any atom is 0.242 e. The summed E-state index contributed by atoms with van der Waals surface area (Å²) in [7, 11) is 0. The van der Waals surface area contributed by atoms with Gasteiger partial charge in [-0.25, -0.2) is 0 Å². The Morgan fingerprint density at radius 2 is 2.00 bits per heavy atom. The first kappa shape index (κ1) is 18.9. The smallest absolute Gasteiger partial charge is 0.242 e. The highest BCUT2D eigenvalue weighted by Gasteiger charge is 2.25. The summed E-state index contributed by atoms with van der Waals surface area (Å²) in [6.07, 6.45) is 7.51. The van der Waals surface area contributed by atoms with Gasteiger partial charge in [-0.05, 0) is 31.4 Å². The van der Waals surface area contributed by atoms with Gasteiger partial charge >= 0.3 is 0 Å². The highest BCUT2D eigenvalue weighted by molar-refractivity contribution is 5.88. The third kappa shape index (κ3) is 6.52. The zero-order valence-corrected chi connectivity index (χ0v) is 14.6. The fraction of sp³-hybridized carbons (Fsp3) is 0.556. The number of rotatable bonds is 8. The largest absolute Gasteiger partial charge is 0.354 e. The molecule has 7 nitrogen and oxygen atoms in total. The van der Waals surface area contributed by atoms with Crippen molar-refractivity contribution in [2.45, 2.75) is 51.6 Å². The Morgan fingerprint density at radius 3 is 2.68 bits per heavy atom. The molecule has 0 aliphatic heterocycles. The molecule has 0 saturated heterocycles. The van der Waals surface area contributed by atoms with Gasteiger partial charge < -0.3 is 16.0 Å². The van der Waals surface area contributed by atoms with Crippen LogP contribution >= 0.6 is 0 Å². The Balaban J connectivity index is 1.60. The van der Waals surface area contributed by atoms with Gasteiger partial charge in [0.15, 0.2) is 0 Å². The van der Waals surface area contributed by atoms with E-state index in [0.717, 1.165) is 31.2 Å². The highest BCUT2D eigenvalue weighted by Crippen LogP contribution is 2.24. The summed E-state index contributed by atoms with van der Waals surface area (Å²) in [5.74, 6) is -0.430. The average Bonchev–Trinajstić information content (AvgIpc) is 3.15. The average molecular weight is 346 g/mol. The Bertz CT molecular complexity index is 585. The summed E-state index contributed by atoms with van der Waals surface area (Å²) in [5, 5.41) is 8.20. The van der Waals surface area contributed by atoms with Crippen LogP contribution in [0.3, 0.4) is 0 Å². The number of hydrogen-bond acceptors (Lipinski definition) is 4. The van der Waals surface area contributed by atoms with Crippen LogP contribution in [0, 0.1) is 5.92 Å². The predicted octanol–water partition coefficient (Wildman–Crippen LogP) is 0.899. The van der Waals surface area contributed by atoms with Crippen LogP contribution in [0.1, 0.15) is 44.6 Å². The zero-order chi connectivity index (χ0) is 18.1. The summed E-state index contributed by atoms with van der Waals surface area (Å²) in [6, 6.07) is 3.10. The number of nitrogens with zero attached hydrogens (tertiary/aromatic N) is 1. The second kappa shape index (κ2) is 9.76. The SMILES string of the molecule is C[C@H](NC(=O)C1CCCC1)C(=O)NCCC(=O)NCc1cccnc1. The van der Waals surface area contributed by atoms with Gasteiger partial charge in [-0.2, -0.15) is 0 Å². The minimum atomic E-state index is -0.591. The number of nitrogens with one attached hydrogen (secondary N) is 3. The number of carbonyl (C=O) groups excluding carboxylic acids is 3. The van der Waals surface area contributed by atoms with Crippen molar-refractivity contribution in [2.24, 2.45) is 5.92 Å². The van der Waals surface area contributed by atoms with E-state index in [4.69, 9.17) is 0 Å². The molecule has 1 fully saturated rings. The van der Waals surface area contributed by atoms with Crippen LogP contribution in [0.4, 0.5) is 0 Å². The molecule has 25 heavy (non-hydrogen) atoms. The first-order chi connectivity index (χ1) is 12.1. The molecular formula is C18H26N4O3. The molecule has 1 heterocycles. The van der Waals surface area contributed by atoms with E-state index in [0.29, 0.717) is 6.54 Å². The monoisotopic (exact) mass is 346 g/mol. The van der Waals surface area contributed by atoms with Gasteiger partial charge in [-0.15, -0.1) is 0 Å². The van der Waals surface area contributed by atoms with Gasteiger partial charge in [0, 0.05) is 37.8 Å². The van der Waals surface area contributed by atoms with Gasteiger partial charge in [0.1, 0.15) is 6.04 Å². The van der Waals surface area contributed by atoms with Crippen molar-refractivity contribution in [3.63, 3.8) is 0 Å². The van der Waals surface area contributed by atoms with Crippen LogP contribution in [0.15, 0.2) is 24.5 Å². The predicted molar refractivity (Wildman–Crippen MR) is 93.3 cm³/mol. The molecule has 0 spiro atoms. The molecule has 1 aromatic heterocycles. The number of pyridine rings is 1. The van der Waals surface area contributed by atoms with Crippen LogP contribution < -0.4 is 16.0 Å². The van der Waals surface area contributed by atoms with Crippen molar-refractivity contribution in [1.82, 2.24) is 20.9 Å². The van der Waals surface area contributed by atoms with Gasteiger partial charge in [0.2, 0.25) is 17.7 Å². The van der Waals surface area contributed by atoms with Crippen LogP contribution in [0.2, 0.25) is 0 Å². The Hall–Kier alpha value is -2.44. The van der Waals surface area contributed by atoms with Crippen molar-refractivity contribution in [2.75, 3.05) is 6.54 Å². The van der Waals surface area contributed by atoms with Crippen LogP contribution in [-0.2, 0) is 20.9 Å². The van der Waals surface area contributed by atoms with Gasteiger partial charge in [-0.3, -0.25) is 19.4 Å². The van der Waals surface area contributed by atoms with Crippen molar-refractivity contribution < 1.29 is 14.4 Å². The summed E-state index contributed by atoms with van der Waals surface area (Å²) in [5.41, 5.74) is 0.920. The van der Waals surface area contributed by atoms with Crippen LogP contribution in [0.5, 0.6) is 0 Å². The lowest BCUT2D eigenvalue weighted by Crippen LogP contribution is -2.47. The first-order valence-corrected chi connectivity index (χ1v) is 8.80. The molecule has 1 saturated carbocycles. The second-order valence-electron chi connectivity index (χ2n) is 6.39. The van der Waals surface area contributed by atoms with Crippen molar-refractivity contribution in [3.8, 4) is 0 Å². The molecule has 1 atom stereocenters. The lowest BCUT2D eigenvalue weighted by atomic mass is 10.1.